The highest BCUT2D eigenvalue weighted by molar-refractivity contribution is 7.18. The normalized spacial score (nSPS) is 18.8. The number of carbonyl (C=O) groups excluding carboxylic acids is 2. The van der Waals surface area contributed by atoms with Crippen molar-refractivity contribution in [3.63, 3.8) is 0 Å². The molecular weight excluding hydrogens is 274 g/mol. The summed E-state index contributed by atoms with van der Waals surface area (Å²) in [6.45, 7) is 0.882. The molecule has 104 valence electrons. The highest BCUT2D eigenvalue weighted by Gasteiger charge is 2.24. The van der Waals surface area contributed by atoms with E-state index in [-0.39, 0.29) is 17.7 Å². The summed E-state index contributed by atoms with van der Waals surface area (Å²) in [6.07, 6.45) is 1.05. The van der Waals surface area contributed by atoms with Gasteiger partial charge in [-0.25, -0.2) is 4.98 Å². The fourth-order valence-electron chi connectivity index (χ4n) is 2.26. The van der Waals surface area contributed by atoms with E-state index in [0.717, 1.165) is 15.2 Å². The summed E-state index contributed by atoms with van der Waals surface area (Å²) in [6, 6.07) is 7.92. The van der Waals surface area contributed by atoms with Gasteiger partial charge < -0.3 is 10.6 Å². The van der Waals surface area contributed by atoms with Gasteiger partial charge in [0.05, 0.1) is 22.7 Å². The molecule has 1 aliphatic rings. The molecule has 2 amide bonds. The zero-order valence-corrected chi connectivity index (χ0v) is 11.7. The number of nitrogens with zero attached hydrogens (tertiary/aromatic N) is 1. The first-order chi connectivity index (χ1) is 9.72. The molecule has 20 heavy (non-hydrogen) atoms. The van der Waals surface area contributed by atoms with E-state index in [2.05, 4.69) is 15.6 Å². The van der Waals surface area contributed by atoms with Crippen LogP contribution in [0, 0.1) is 5.92 Å². The van der Waals surface area contributed by atoms with E-state index in [1.807, 2.05) is 24.3 Å². The van der Waals surface area contributed by atoms with Crippen LogP contribution in [0.15, 0.2) is 24.3 Å². The number of fused-ring (bicyclic) bond motifs is 1. The van der Waals surface area contributed by atoms with Gasteiger partial charge in [0.25, 0.3) is 0 Å². The van der Waals surface area contributed by atoms with Crippen molar-refractivity contribution >= 4 is 33.4 Å². The summed E-state index contributed by atoms with van der Waals surface area (Å²) < 4.78 is 1.13. The highest BCUT2D eigenvalue weighted by Crippen LogP contribution is 2.21. The zero-order valence-electron chi connectivity index (χ0n) is 10.9. The van der Waals surface area contributed by atoms with Gasteiger partial charge in [-0.15, -0.1) is 11.3 Å². The molecule has 0 spiro atoms. The maximum Gasteiger partial charge on any atom is 0.225 e. The number of para-hydroxylation sites is 1. The number of aromatic nitrogens is 1. The molecule has 1 unspecified atom stereocenters. The van der Waals surface area contributed by atoms with Crippen molar-refractivity contribution in [3.8, 4) is 0 Å². The zero-order chi connectivity index (χ0) is 13.9. The second-order valence-electron chi connectivity index (χ2n) is 4.83. The summed E-state index contributed by atoms with van der Waals surface area (Å²) in [5.41, 5.74) is 0.965. The molecule has 0 aliphatic carbocycles. The van der Waals surface area contributed by atoms with Crippen molar-refractivity contribution in [1.29, 1.82) is 0 Å². The molecule has 0 bridgehead atoms. The molecule has 5 nitrogen and oxygen atoms in total. The Hall–Kier alpha value is -1.95. The van der Waals surface area contributed by atoms with E-state index in [0.29, 0.717) is 25.9 Å². The lowest BCUT2D eigenvalue weighted by molar-refractivity contribution is -0.129. The van der Waals surface area contributed by atoms with Gasteiger partial charge in [-0.05, 0) is 18.6 Å². The number of hydrogen-bond donors (Lipinski definition) is 2. The molecule has 6 heteroatoms. The third kappa shape index (κ3) is 2.80. The molecule has 3 rings (SSSR count). The largest absolute Gasteiger partial charge is 0.355 e. The lowest BCUT2D eigenvalue weighted by Gasteiger charge is -2.21. The van der Waals surface area contributed by atoms with Gasteiger partial charge in [0.1, 0.15) is 5.01 Å². The van der Waals surface area contributed by atoms with Crippen molar-refractivity contribution < 1.29 is 9.59 Å². The van der Waals surface area contributed by atoms with Crippen LogP contribution in [-0.4, -0.2) is 23.3 Å². The first kappa shape index (κ1) is 13.1. The van der Waals surface area contributed by atoms with Crippen LogP contribution in [0.25, 0.3) is 10.2 Å². The molecule has 2 heterocycles. The Bertz CT molecular complexity index is 610. The van der Waals surface area contributed by atoms with Crippen molar-refractivity contribution in [3.05, 3.63) is 29.3 Å². The van der Waals surface area contributed by atoms with Crippen molar-refractivity contribution in [2.45, 2.75) is 19.4 Å². The minimum atomic E-state index is -0.123. The topological polar surface area (TPSA) is 71.1 Å². The minimum absolute atomic E-state index is 0.00995. The third-order valence-electron chi connectivity index (χ3n) is 3.39. The van der Waals surface area contributed by atoms with E-state index in [1.165, 1.54) is 0 Å². The molecule has 2 aromatic rings. The first-order valence-electron chi connectivity index (χ1n) is 6.61. The highest BCUT2D eigenvalue weighted by atomic mass is 32.1. The summed E-state index contributed by atoms with van der Waals surface area (Å²) in [4.78, 5) is 27.5. The minimum Gasteiger partial charge on any atom is -0.355 e. The number of hydrogen-bond acceptors (Lipinski definition) is 4. The number of nitrogens with one attached hydrogen (secondary N) is 2. The van der Waals surface area contributed by atoms with Crippen molar-refractivity contribution in [2.24, 2.45) is 5.92 Å². The Morgan fingerprint density at radius 3 is 3.05 bits per heavy atom. The van der Waals surface area contributed by atoms with Crippen LogP contribution in [0.1, 0.15) is 17.8 Å². The van der Waals surface area contributed by atoms with E-state index < -0.39 is 0 Å². The number of carbonyl (C=O) groups is 2. The van der Waals surface area contributed by atoms with Gasteiger partial charge in [-0.1, -0.05) is 12.1 Å². The van der Waals surface area contributed by atoms with Crippen molar-refractivity contribution in [1.82, 2.24) is 15.6 Å². The van der Waals surface area contributed by atoms with Crippen LogP contribution >= 0.6 is 11.3 Å². The maximum atomic E-state index is 12.0. The Morgan fingerprint density at radius 2 is 2.30 bits per heavy atom. The molecular formula is C14H15N3O2S. The van der Waals surface area contributed by atoms with E-state index in [4.69, 9.17) is 0 Å². The Balaban J connectivity index is 1.58. The number of amides is 2. The van der Waals surface area contributed by atoms with Gasteiger partial charge in [-0.2, -0.15) is 0 Å². The van der Waals surface area contributed by atoms with Crippen LogP contribution in [0.3, 0.4) is 0 Å². The molecule has 1 aliphatic heterocycles. The van der Waals surface area contributed by atoms with Crippen LogP contribution in [0.5, 0.6) is 0 Å². The molecule has 1 atom stereocenters. The van der Waals surface area contributed by atoms with Gasteiger partial charge in [0.15, 0.2) is 0 Å². The molecule has 1 fully saturated rings. The van der Waals surface area contributed by atoms with Crippen molar-refractivity contribution in [2.75, 3.05) is 6.54 Å². The SMILES string of the molecule is O=C1CCC(C(=O)NCc2nc3ccccc3s2)CN1. The standard InChI is InChI=1S/C14H15N3O2S/c18-12-6-5-9(7-15-12)14(19)16-8-13-17-10-3-1-2-4-11(10)20-13/h1-4,9H,5-8H2,(H,15,18)(H,16,19). The Morgan fingerprint density at radius 1 is 1.45 bits per heavy atom. The first-order valence-corrected chi connectivity index (χ1v) is 7.43. The Kier molecular flexibility index (Phi) is 3.64. The van der Waals surface area contributed by atoms with Gasteiger partial charge >= 0.3 is 0 Å². The predicted octanol–water partition coefficient (Wildman–Crippen LogP) is 1.44. The average molecular weight is 289 g/mol. The summed E-state index contributed by atoms with van der Waals surface area (Å²) in [5.74, 6) is -0.105. The van der Waals surface area contributed by atoms with Gasteiger partial charge in [-0.3, -0.25) is 9.59 Å². The number of piperidine rings is 1. The fraction of sp³-hybridized carbons (Fsp3) is 0.357. The summed E-state index contributed by atoms with van der Waals surface area (Å²) in [5, 5.41) is 6.52. The van der Waals surface area contributed by atoms with Gasteiger partial charge in [0, 0.05) is 13.0 Å². The van der Waals surface area contributed by atoms with Crippen LogP contribution in [-0.2, 0) is 16.1 Å². The lowest BCUT2D eigenvalue weighted by atomic mass is 9.98. The molecule has 1 saturated heterocycles. The van der Waals surface area contributed by atoms with E-state index >= 15 is 0 Å². The molecule has 2 N–H and O–H groups in total. The van der Waals surface area contributed by atoms with E-state index in [9.17, 15) is 9.59 Å². The van der Waals surface area contributed by atoms with Crippen LogP contribution in [0.2, 0.25) is 0 Å². The molecule has 0 radical (unpaired) electrons. The van der Waals surface area contributed by atoms with Crippen LogP contribution in [0.4, 0.5) is 0 Å². The quantitative estimate of drug-likeness (QED) is 0.898. The summed E-state index contributed by atoms with van der Waals surface area (Å²) >= 11 is 1.59. The van der Waals surface area contributed by atoms with Crippen LogP contribution < -0.4 is 10.6 Å². The predicted molar refractivity (Wildman–Crippen MR) is 77.2 cm³/mol. The fourth-order valence-corrected chi connectivity index (χ4v) is 3.17. The molecule has 1 aromatic heterocycles. The summed E-state index contributed by atoms with van der Waals surface area (Å²) in [7, 11) is 0. The van der Waals surface area contributed by atoms with Gasteiger partial charge in [0.2, 0.25) is 11.8 Å². The second-order valence-corrected chi connectivity index (χ2v) is 5.95. The molecule has 1 aromatic carbocycles. The smallest absolute Gasteiger partial charge is 0.225 e. The average Bonchev–Trinajstić information content (AvgIpc) is 2.88. The van der Waals surface area contributed by atoms with E-state index in [1.54, 1.807) is 11.3 Å². The lowest BCUT2D eigenvalue weighted by Crippen LogP contribution is -2.42. The Labute approximate surface area is 120 Å². The number of rotatable bonds is 3. The third-order valence-corrected chi connectivity index (χ3v) is 4.42. The molecule has 0 saturated carbocycles. The number of benzene rings is 1. The number of thiazole rings is 1. The second kappa shape index (κ2) is 5.58. The monoisotopic (exact) mass is 289 g/mol. The maximum absolute atomic E-state index is 12.0.